The minimum Gasteiger partial charge on any atom is -0.339 e. The zero-order valence-electron chi connectivity index (χ0n) is 17.8. The molecule has 1 aromatic heterocycles. The minimum atomic E-state index is -1.91. The van der Waals surface area contributed by atoms with Crippen molar-refractivity contribution in [1.82, 2.24) is 20.0 Å². The van der Waals surface area contributed by atoms with Crippen LogP contribution in [0.4, 0.5) is 5.69 Å². The van der Waals surface area contributed by atoms with Gasteiger partial charge in [-0.1, -0.05) is 83.3 Å². The number of hydrogen-bond acceptors (Lipinski definition) is 3. The molecule has 33 heavy (non-hydrogen) atoms. The highest BCUT2D eigenvalue weighted by Gasteiger charge is 2.35. The van der Waals surface area contributed by atoms with Crippen LogP contribution in [-0.2, 0) is 18.3 Å². The van der Waals surface area contributed by atoms with Crippen LogP contribution in [0.15, 0.2) is 65.5 Å². The summed E-state index contributed by atoms with van der Waals surface area (Å²) in [5, 5.41) is 8.30. The van der Waals surface area contributed by atoms with Crippen LogP contribution in [0.3, 0.4) is 0 Å². The van der Waals surface area contributed by atoms with Gasteiger partial charge in [0, 0.05) is 7.05 Å². The number of carbonyl (C=O) groups excluding carboxylic acids is 1. The van der Waals surface area contributed by atoms with Gasteiger partial charge in [0.15, 0.2) is 5.11 Å². The van der Waals surface area contributed by atoms with E-state index >= 15 is 0 Å². The van der Waals surface area contributed by atoms with Crippen LogP contribution in [0.25, 0.3) is 5.69 Å². The second-order valence-corrected chi connectivity index (χ2v) is 10.0. The van der Waals surface area contributed by atoms with Gasteiger partial charge in [0.25, 0.3) is 5.56 Å². The van der Waals surface area contributed by atoms with E-state index in [9.17, 15) is 9.59 Å². The first-order valence-electron chi connectivity index (χ1n) is 9.89. The van der Waals surface area contributed by atoms with Gasteiger partial charge in [-0.05, 0) is 36.8 Å². The van der Waals surface area contributed by atoms with Crippen molar-refractivity contribution in [2.45, 2.75) is 23.3 Å². The van der Waals surface area contributed by atoms with Crippen molar-refractivity contribution in [3.8, 4) is 5.69 Å². The van der Waals surface area contributed by atoms with Crippen LogP contribution in [0, 0.1) is 6.92 Å². The summed E-state index contributed by atoms with van der Waals surface area (Å²) in [6.45, 7) is 1.78. The number of carbonyl (C=O) groups is 1. The Morgan fingerprint density at radius 1 is 1.03 bits per heavy atom. The Bertz CT molecular complexity index is 1190. The maximum atomic E-state index is 13.1. The number of hydrogen-bond donors (Lipinski definition) is 3. The normalized spacial score (nSPS) is 12.2. The molecule has 174 valence electrons. The van der Waals surface area contributed by atoms with Crippen LogP contribution < -0.4 is 21.5 Å². The number of thiocarbonyl (C=S) groups is 1. The molecular formula is C22H22Cl3N5O2S. The van der Waals surface area contributed by atoms with Crippen LogP contribution >= 0.6 is 47.0 Å². The fourth-order valence-corrected chi connectivity index (χ4v) is 3.73. The molecule has 0 fully saturated rings. The number of nitrogens with zero attached hydrogens (tertiary/aromatic N) is 2. The largest absolute Gasteiger partial charge is 0.339 e. The van der Waals surface area contributed by atoms with Crippen molar-refractivity contribution in [3.63, 3.8) is 0 Å². The van der Waals surface area contributed by atoms with E-state index in [1.807, 2.05) is 60.7 Å². The molecule has 3 rings (SSSR count). The van der Waals surface area contributed by atoms with Gasteiger partial charge in [0.05, 0.1) is 17.8 Å². The third-order valence-corrected chi connectivity index (χ3v) is 5.78. The molecule has 1 atom stereocenters. The van der Waals surface area contributed by atoms with Gasteiger partial charge in [0.2, 0.25) is 9.70 Å². The third kappa shape index (κ3) is 6.29. The molecule has 3 N–H and O–H groups in total. The van der Waals surface area contributed by atoms with Crippen molar-refractivity contribution >= 4 is 63.7 Å². The van der Waals surface area contributed by atoms with E-state index in [4.69, 9.17) is 47.0 Å². The average molecular weight is 527 g/mol. The number of nitrogens with one attached hydrogen (secondary N) is 3. The molecule has 0 saturated carbocycles. The molecule has 0 aliphatic carbocycles. The predicted molar refractivity (Wildman–Crippen MR) is 137 cm³/mol. The van der Waals surface area contributed by atoms with Gasteiger partial charge in [-0.3, -0.25) is 14.3 Å². The van der Waals surface area contributed by atoms with E-state index in [2.05, 4.69) is 16.0 Å². The number of rotatable bonds is 6. The van der Waals surface area contributed by atoms with Crippen LogP contribution in [0.1, 0.15) is 11.3 Å². The molecule has 0 aliphatic rings. The molecular weight excluding hydrogens is 505 g/mol. The second-order valence-electron chi connectivity index (χ2n) is 7.24. The number of anilines is 1. The van der Waals surface area contributed by atoms with E-state index in [0.717, 1.165) is 5.56 Å². The molecule has 1 unspecified atom stereocenters. The van der Waals surface area contributed by atoms with Crippen molar-refractivity contribution in [3.05, 3.63) is 82.3 Å². The van der Waals surface area contributed by atoms with Crippen molar-refractivity contribution in [1.29, 1.82) is 0 Å². The first-order valence-corrected chi connectivity index (χ1v) is 11.4. The molecule has 1 heterocycles. The molecule has 11 heteroatoms. The van der Waals surface area contributed by atoms with Crippen LogP contribution in [-0.4, -0.2) is 30.3 Å². The second kappa shape index (κ2) is 10.6. The topological polar surface area (TPSA) is 80.1 Å². The average Bonchev–Trinajstić information content (AvgIpc) is 2.97. The molecule has 0 aliphatic heterocycles. The summed E-state index contributed by atoms with van der Waals surface area (Å²) >= 11 is 23.5. The summed E-state index contributed by atoms with van der Waals surface area (Å²) in [5.74, 6) is -0.366. The Morgan fingerprint density at radius 2 is 1.61 bits per heavy atom. The lowest BCUT2D eigenvalue weighted by atomic mass is 10.1. The van der Waals surface area contributed by atoms with Crippen LogP contribution in [0.5, 0.6) is 0 Å². The number of amides is 1. The van der Waals surface area contributed by atoms with Gasteiger partial charge in [-0.2, -0.15) is 0 Å². The Morgan fingerprint density at radius 3 is 2.18 bits per heavy atom. The number of para-hydroxylation sites is 1. The lowest BCUT2D eigenvalue weighted by Crippen LogP contribution is -2.56. The van der Waals surface area contributed by atoms with Gasteiger partial charge in [-0.15, -0.1) is 0 Å². The van der Waals surface area contributed by atoms with E-state index < -0.39 is 9.96 Å². The first-order chi connectivity index (χ1) is 15.6. The Balaban J connectivity index is 1.75. The van der Waals surface area contributed by atoms with E-state index in [0.29, 0.717) is 11.4 Å². The fraction of sp³-hybridized carbons (Fsp3) is 0.227. The zero-order valence-corrected chi connectivity index (χ0v) is 20.9. The summed E-state index contributed by atoms with van der Waals surface area (Å²) in [7, 11) is 1.76. The summed E-state index contributed by atoms with van der Waals surface area (Å²) < 4.78 is 1.30. The lowest BCUT2D eigenvalue weighted by Gasteiger charge is -2.27. The first kappa shape index (κ1) is 25.1. The monoisotopic (exact) mass is 525 g/mol. The Hall–Kier alpha value is -2.52. The fourth-order valence-electron chi connectivity index (χ4n) is 3.19. The predicted octanol–water partition coefficient (Wildman–Crippen LogP) is 3.83. The maximum Gasteiger partial charge on any atom is 0.295 e. The number of aromatic nitrogens is 2. The van der Waals surface area contributed by atoms with Gasteiger partial charge in [-0.25, -0.2) is 4.68 Å². The van der Waals surface area contributed by atoms with Crippen molar-refractivity contribution in [2.24, 2.45) is 7.05 Å². The SMILES string of the molecule is Cc1c(NC(=S)NC(NC(=O)Cc2ccccc2)C(Cl)(Cl)Cl)c(=O)n(-c2ccccc2)n1C. The number of alkyl halides is 3. The quantitative estimate of drug-likeness (QED) is 0.258. The molecule has 0 saturated heterocycles. The molecule has 0 spiro atoms. The number of halogens is 3. The summed E-state index contributed by atoms with van der Waals surface area (Å²) in [6, 6.07) is 18.3. The van der Waals surface area contributed by atoms with Crippen molar-refractivity contribution < 1.29 is 4.79 Å². The zero-order chi connectivity index (χ0) is 24.2. The lowest BCUT2D eigenvalue weighted by molar-refractivity contribution is -0.121. The van der Waals surface area contributed by atoms with Crippen molar-refractivity contribution in [2.75, 3.05) is 5.32 Å². The molecule has 3 aromatic rings. The smallest absolute Gasteiger partial charge is 0.295 e. The molecule has 7 nitrogen and oxygen atoms in total. The highest BCUT2D eigenvalue weighted by Crippen LogP contribution is 2.29. The standard InChI is InChI=1S/C22H22Cl3N5O2S/c1-14-18(19(32)30(29(14)2)16-11-7-4-8-12-16)27-21(33)28-20(22(23,24)25)26-17(31)13-15-9-5-3-6-10-15/h3-12,20H,13H2,1-2H3,(H,26,31)(H2,27,28,33). The van der Waals surface area contributed by atoms with Crippen LogP contribution in [0.2, 0.25) is 0 Å². The number of benzene rings is 2. The molecule has 2 aromatic carbocycles. The Labute approximate surface area is 211 Å². The summed E-state index contributed by atoms with van der Waals surface area (Å²) in [6.07, 6.45) is -1.04. The van der Waals surface area contributed by atoms with E-state index in [1.54, 1.807) is 18.7 Å². The van der Waals surface area contributed by atoms with Gasteiger partial charge in [0.1, 0.15) is 11.9 Å². The minimum absolute atomic E-state index is 0.0114. The maximum absolute atomic E-state index is 13.1. The summed E-state index contributed by atoms with van der Waals surface area (Å²) in [5.41, 5.74) is 2.11. The van der Waals surface area contributed by atoms with E-state index in [1.165, 1.54) is 4.68 Å². The highest BCUT2D eigenvalue weighted by atomic mass is 35.6. The molecule has 1 amide bonds. The van der Waals surface area contributed by atoms with E-state index in [-0.39, 0.29) is 28.7 Å². The molecule has 0 radical (unpaired) electrons. The summed E-state index contributed by atoms with van der Waals surface area (Å²) in [4.78, 5) is 25.5. The third-order valence-electron chi connectivity index (χ3n) is 4.91. The highest BCUT2D eigenvalue weighted by molar-refractivity contribution is 7.80. The Kier molecular flexibility index (Phi) is 8.07. The molecule has 0 bridgehead atoms. The van der Waals surface area contributed by atoms with Gasteiger partial charge < -0.3 is 16.0 Å². The van der Waals surface area contributed by atoms with Gasteiger partial charge >= 0.3 is 0 Å².